The molecular weight excluding hydrogens is 250 g/mol. The molecule has 1 aromatic carbocycles. The van der Waals surface area contributed by atoms with Gasteiger partial charge in [-0.15, -0.1) is 0 Å². The van der Waals surface area contributed by atoms with Gasteiger partial charge in [0.25, 0.3) is 0 Å². The minimum Gasteiger partial charge on any atom is -0.389 e. The van der Waals surface area contributed by atoms with E-state index in [1.165, 1.54) is 5.56 Å². The molecule has 2 rings (SSSR count). The maximum absolute atomic E-state index is 9.85. The van der Waals surface area contributed by atoms with Crippen LogP contribution in [0.1, 0.15) is 25.2 Å². The summed E-state index contributed by atoms with van der Waals surface area (Å²) in [5, 5.41) is 9.85. The highest BCUT2D eigenvalue weighted by Gasteiger charge is 2.17. The third kappa shape index (κ3) is 4.47. The lowest BCUT2D eigenvalue weighted by atomic mass is 10.1. The van der Waals surface area contributed by atoms with Crippen molar-refractivity contribution in [1.82, 2.24) is 14.5 Å². The highest BCUT2D eigenvalue weighted by Crippen LogP contribution is 2.09. The van der Waals surface area contributed by atoms with Crippen molar-refractivity contribution in [3.05, 3.63) is 54.1 Å². The quantitative estimate of drug-likeness (QED) is 0.876. The molecule has 1 heterocycles. The zero-order chi connectivity index (χ0) is 14.6. The summed E-state index contributed by atoms with van der Waals surface area (Å²) in [6.07, 6.45) is 3.83. The number of hydrogen-bond donors (Lipinski definition) is 1. The van der Waals surface area contributed by atoms with Crippen molar-refractivity contribution in [2.75, 3.05) is 13.6 Å². The fourth-order valence-electron chi connectivity index (χ4n) is 2.37. The van der Waals surface area contributed by atoms with E-state index in [1.807, 2.05) is 51.5 Å². The number of hydrogen-bond acceptors (Lipinski definition) is 3. The van der Waals surface area contributed by atoms with Crippen molar-refractivity contribution >= 4 is 0 Å². The largest absolute Gasteiger partial charge is 0.389 e. The minimum absolute atomic E-state index is 0.616. The highest BCUT2D eigenvalue weighted by molar-refractivity contribution is 5.15. The molecule has 0 aliphatic rings. The maximum Gasteiger partial charge on any atom is 0.123 e. The van der Waals surface area contributed by atoms with Crippen LogP contribution in [-0.4, -0.2) is 38.8 Å². The molecule has 1 aromatic heterocycles. The molecule has 0 saturated heterocycles. The number of likely N-dealkylation sites (N-methyl/N-ethyl adjacent to an activating group) is 1. The van der Waals surface area contributed by atoms with Gasteiger partial charge in [-0.1, -0.05) is 30.3 Å². The van der Waals surface area contributed by atoms with Crippen LogP contribution in [-0.2, 0) is 13.1 Å². The Hall–Kier alpha value is -1.65. The summed E-state index contributed by atoms with van der Waals surface area (Å²) in [4.78, 5) is 6.51. The van der Waals surface area contributed by atoms with E-state index in [1.54, 1.807) is 0 Å². The third-order valence-corrected chi connectivity index (χ3v) is 3.07. The van der Waals surface area contributed by atoms with Gasteiger partial charge in [-0.25, -0.2) is 4.98 Å². The van der Waals surface area contributed by atoms with Crippen molar-refractivity contribution in [2.45, 2.75) is 32.5 Å². The first-order chi connectivity index (χ1) is 9.44. The zero-order valence-corrected chi connectivity index (χ0v) is 12.5. The fraction of sp³-hybridized carbons (Fsp3) is 0.438. The van der Waals surface area contributed by atoms with Gasteiger partial charge < -0.3 is 9.67 Å². The Morgan fingerprint density at radius 2 is 1.95 bits per heavy atom. The topological polar surface area (TPSA) is 41.3 Å². The molecule has 0 bridgehead atoms. The molecule has 20 heavy (non-hydrogen) atoms. The average Bonchev–Trinajstić information content (AvgIpc) is 2.75. The second-order valence-corrected chi connectivity index (χ2v) is 5.94. The molecule has 0 atom stereocenters. The van der Waals surface area contributed by atoms with Crippen LogP contribution in [0.15, 0.2) is 42.7 Å². The van der Waals surface area contributed by atoms with E-state index in [2.05, 4.69) is 26.6 Å². The lowest BCUT2D eigenvalue weighted by molar-refractivity contribution is 0.0415. The van der Waals surface area contributed by atoms with Crippen LogP contribution in [0.5, 0.6) is 0 Å². The summed E-state index contributed by atoms with van der Waals surface area (Å²) in [6, 6.07) is 10.3. The molecule has 1 N–H and O–H groups in total. The van der Waals surface area contributed by atoms with E-state index >= 15 is 0 Å². The van der Waals surface area contributed by atoms with Crippen LogP contribution >= 0.6 is 0 Å². The predicted molar refractivity (Wildman–Crippen MR) is 80.4 cm³/mol. The first kappa shape index (κ1) is 14.8. The molecule has 0 radical (unpaired) electrons. The fourth-order valence-corrected chi connectivity index (χ4v) is 2.37. The second-order valence-electron chi connectivity index (χ2n) is 5.94. The van der Waals surface area contributed by atoms with Crippen molar-refractivity contribution < 1.29 is 5.11 Å². The van der Waals surface area contributed by atoms with Crippen molar-refractivity contribution in [3.8, 4) is 0 Å². The Morgan fingerprint density at radius 3 is 2.60 bits per heavy atom. The van der Waals surface area contributed by atoms with E-state index in [-0.39, 0.29) is 0 Å². The van der Waals surface area contributed by atoms with Gasteiger partial charge in [-0.3, -0.25) is 4.90 Å². The van der Waals surface area contributed by atoms with Crippen LogP contribution in [0.2, 0.25) is 0 Å². The molecule has 0 unspecified atom stereocenters. The number of rotatable bonds is 6. The molecule has 0 aliphatic carbocycles. The normalized spacial score (nSPS) is 12.1. The monoisotopic (exact) mass is 273 g/mol. The van der Waals surface area contributed by atoms with Gasteiger partial charge >= 0.3 is 0 Å². The van der Waals surface area contributed by atoms with E-state index in [0.717, 1.165) is 18.9 Å². The molecular formula is C16H23N3O. The van der Waals surface area contributed by atoms with Crippen molar-refractivity contribution in [2.24, 2.45) is 0 Å². The first-order valence-corrected chi connectivity index (χ1v) is 6.89. The summed E-state index contributed by atoms with van der Waals surface area (Å²) < 4.78 is 2.15. The van der Waals surface area contributed by atoms with E-state index in [4.69, 9.17) is 0 Å². The molecule has 4 nitrogen and oxygen atoms in total. The molecule has 108 valence electrons. The predicted octanol–water partition coefficient (Wildman–Crippen LogP) is 2.13. The summed E-state index contributed by atoms with van der Waals surface area (Å²) >= 11 is 0. The molecule has 0 amide bonds. The zero-order valence-electron chi connectivity index (χ0n) is 12.5. The van der Waals surface area contributed by atoms with Crippen LogP contribution in [0.4, 0.5) is 0 Å². The number of aliphatic hydroxyl groups is 1. The third-order valence-electron chi connectivity index (χ3n) is 3.07. The average molecular weight is 273 g/mol. The van der Waals surface area contributed by atoms with Crippen LogP contribution in [0.3, 0.4) is 0 Å². The van der Waals surface area contributed by atoms with Gasteiger partial charge in [0.2, 0.25) is 0 Å². The molecule has 2 aromatic rings. The van der Waals surface area contributed by atoms with E-state index < -0.39 is 5.60 Å². The Morgan fingerprint density at radius 1 is 1.25 bits per heavy atom. The SMILES string of the molecule is CN(Cc1nccn1Cc1ccccc1)CC(C)(C)O. The number of nitrogens with zero attached hydrogens (tertiary/aromatic N) is 3. The van der Waals surface area contributed by atoms with Crippen molar-refractivity contribution in [1.29, 1.82) is 0 Å². The summed E-state index contributed by atoms with van der Waals surface area (Å²) in [5.74, 6) is 1.01. The summed E-state index contributed by atoms with van der Waals surface area (Å²) in [5.41, 5.74) is 0.572. The van der Waals surface area contributed by atoms with Gasteiger partial charge in [0.05, 0.1) is 12.1 Å². The van der Waals surface area contributed by atoms with Gasteiger partial charge in [0.15, 0.2) is 0 Å². The summed E-state index contributed by atoms with van der Waals surface area (Å²) in [7, 11) is 2.00. The molecule has 4 heteroatoms. The summed E-state index contributed by atoms with van der Waals surface area (Å²) in [6.45, 7) is 5.81. The number of aromatic nitrogens is 2. The van der Waals surface area contributed by atoms with Crippen molar-refractivity contribution in [3.63, 3.8) is 0 Å². The van der Waals surface area contributed by atoms with Gasteiger partial charge in [0, 0.05) is 25.5 Å². The van der Waals surface area contributed by atoms with Crippen LogP contribution < -0.4 is 0 Å². The van der Waals surface area contributed by atoms with Crippen LogP contribution in [0.25, 0.3) is 0 Å². The Labute approximate surface area is 120 Å². The number of imidazole rings is 1. The Bertz CT molecular complexity index is 528. The molecule has 0 aliphatic heterocycles. The minimum atomic E-state index is -0.689. The smallest absolute Gasteiger partial charge is 0.123 e. The van der Waals surface area contributed by atoms with E-state index in [0.29, 0.717) is 6.54 Å². The Balaban J connectivity index is 2.02. The van der Waals surface area contributed by atoms with Gasteiger partial charge in [-0.2, -0.15) is 0 Å². The molecule has 0 fully saturated rings. The van der Waals surface area contributed by atoms with Gasteiger partial charge in [0.1, 0.15) is 5.82 Å². The lowest BCUT2D eigenvalue weighted by Crippen LogP contribution is -2.36. The Kier molecular flexibility index (Phi) is 4.57. The second kappa shape index (κ2) is 6.20. The van der Waals surface area contributed by atoms with Gasteiger partial charge in [-0.05, 0) is 26.5 Å². The van der Waals surface area contributed by atoms with E-state index in [9.17, 15) is 5.11 Å². The first-order valence-electron chi connectivity index (χ1n) is 6.89. The highest BCUT2D eigenvalue weighted by atomic mass is 16.3. The van der Waals surface area contributed by atoms with Crippen LogP contribution in [0, 0.1) is 0 Å². The number of benzene rings is 1. The lowest BCUT2D eigenvalue weighted by Gasteiger charge is -2.25. The standard InChI is InChI=1S/C16H23N3O/c1-16(2,20)13-18(3)12-15-17-9-10-19(15)11-14-7-5-4-6-8-14/h4-10,20H,11-13H2,1-3H3. The maximum atomic E-state index is 9.85. The molecule has 0 saturated carbocycles. The molecule has 0 spiro atoms.